The summed E-state index contributed by atoms with van der Waals surface area (Å²) < 4.78 is 26.1. The molecule has 1 aromatic rings. The molecule has 0 saturated carbocycles. The Kier molecular flexibility index (Phi) is 4.62. The Labute approximate surface area is 106 Å². The van der Waals surface area contributed by atoms with Crippen molar-refractivity contribution in [3.05, 3.63) is 28.2 Å². The van der Waals surface area contributed by atoms with Crippen LogP contribution in [0.4, 0.5) is 0 Å². The summed E-state index contributed by atoms with van der Waals surface area (Å²) in [5, 5.41) is 0.568. The first-order valence-electron chi connectivity index (χ1n) is 4.77. The number of nitrogens with one attached hydrogen (secondary N) is 1. The Morgan fingerprint density at radius 1 is 1.25 bits per heavy atom. The SMILES string of the molecule is CC(C)CNS(=O)(=O)c1ccc(Cl)c(Cl)c1. The lowest BCUT2D eigenvalue weighted by molar-refractivity contribution is 0.560. The molecule has 3 nitrogen and oxygen atoms in total. The van der Waals surface area contributed by atoms with Gasteiger partial charge in [0, 0.05) is 6.54 Å². The standard InChI is InChI=1S/C10H13Cl2NO2S/c1-7(2)6-13-16(14,15)8-3-4-9(11)10(12)5-8/h3-5,7,13H,6H2,1-2H3. The summed E-state index contributed by atoms with van der Waals surface area (Å²) in [6.07, 6.45) is 0. The predicted octanol–water partition coefficient (Wildman–Crippen LogP) is 2.93. The molecule has 16 heavy (non-hydrogen) atoms. The Morgan fingerprint density at radius 3 is 2.38 bits per heavy atom. The van der Waals surface area contributed by atoms with E-state index in [1.807, 2.05) is 13.8 Å². The predicted molar refractivity (Wildman–Crippen MR) is 66.5 cm³/mol. The molecular weight excluding hydrogens is 269 g/mol. The Bertz CT molecular complexity index is 472. The van der Waals surface area contributed by atoms with E-state index in [9.17, 15) is 8.42 Å². The number of sulfonamides is 1. The van der Waals surface area contributed by atoms with Gasteiger partial charge in [-0.2, -0.15) is 0 Å². The number of hydrogen-bond acceptors (Lipinski definition) is 2. The highest BCUT2D eigenvalue weighted by Gasteiger charge is 2.15. The van der Waals surface area contributed by atoms with Crippen molar-refractivity contribution in [3.8, 4) is 0 Å². The van der Waals surface area contributed by atoms with E-state index < -0.39 is 10.0 Å². The molecule has 0 fully saturated rings. The van der Waals surface area contributed by atoms with Crippen molar-refractivity contribution >= 4 is 33.2 Å². The molecule has 90 valence electrons. The van der Waals surface area contributed by atoms with Crippen LogP contribution in [-0.2, 0) is 10.0 Å². The normalized spacial score (nSPS) is 12.1. The molecule has 0 radical (unpaired) electrons. The monoisotopic (exact) mass is 281 g/mol. The average molecular weight is 282 g/mol. The van der Waals surface area contributed by atoms with Crippen molar-refractivity contribution in [1.82, 2.24) is 4.72 Å². The third-order valence-electron chi connectivity index (χ3n) is 1.88. The highest BCUT2D eigenvalue weighted by Crippen LogP contribution is 2.24. The van der Waals surface area contributed by atoms with Gasteiger partial charge in [-0.15, -0.1) is 0 Å². The summed E-state index contributed by atoms with van der Waals surface area (Å²) in [5.74, 6) is 0.248. The number of rotatable bonds is 4. The van der Waals surface area contributed by atoms with Crippen LogP contribution in [0.15, 0.2) is 23.1 Å². The van der Waals surface area contributed by atoms with Crippen LogP contribution in [0, 0.1) is 5.92 Å². The zero-order valence-corrected chi connectivity index (χ0v) is 11.3. The topological polar surface area (TPSA) is 46.2 Å². The Morgan fingerprint density at radius 2 is 1.88 bits per heavy atom. The lowest BCUT2D eigenvalue weighted by Crippen LogP contribution is -2.27. The van der Waals surface area contributed by atoms with Crippen LogP contribution in [0.1, 0.15) is 13.8 Å². The number of benzene rings is 1. The fourth-order valence-corrected chi connectivity index (χ4v) is 2.61. The van der Waals surface area contributed by atoms with Gasteiger partial charge in [0.2, 0.25) is 10.0 Å². The maximum Gasteiger partial charge on any atom is 0.240 e. The first kappa shape index (κ1) is 13.8. The minimum atomic E-state index is -3.49. The number of halogens is 2. The second kappa shape index (κ2) is 5.36. The van der Waals surface area contributed by atoms with E-state index in [2.05, 4.69) is 4.72 Å². The van der Waals surface area contributed by atoms with Crippen LogP contribution < -0.4 is 4.72 Å². The highest BCUT2D eigenvalue weighted by molar-refractivity contribution is 7.89. The lowest BCUT2D eigenvalue weighted by Gasteiger charge is -2.09. The molecule has 0 saturated heterocycles. The zero-order chi connectivity index (χ0) is 12.3. The molecule has 0 atom stereocenters. The second-order valence-electron chi connectivity index (χ2n) is 3.82. The molecule has 1 N–H and O–H groups in total. The molecule has 0 aromatic heterocycles. The number of hydrogen-bond donors (Lipinski definition) is 1. The first-order valence-corrected chi connectivity index (χ1v) is 7.01. The van der Waals surface area contributed by atoms with Crippen molar-refractivity contribution in [1.29, 1.82) is 0 Å². The van der Waals surface area contributed by atoms with Crippen LogP contribution in [0.25, 0.3) is 0 Å². The van der Waals surface area contributed by atoms with Crippen LogP contribution in [0.2, 0.25) is 10.0 Å². The van der Waals surface area contributed by atoms with Gasteiger partial charge in [0.05, 0.1) is 14.9 Å². The van der Waals surface area contributed by atoms with E-state index >= 15 is 0 Å². The molecule has 0 bridgehead atoms. The van der Waals surface area contributed by atoms with Gasteiger partial charge < -0.3 is 0 Å². The smallest absolute Gasteiger partial charge is 0.211 e. The maximum atomic E-state index is 11.8. The van der Waals surface area contributed by atoms with Gasteiger partial charge in [-0.3, -0.25) is 0 Å². The van der Waals surface area contributed by atoms with Crippen LogP contribution in [-0.4, -0.2) is 15.0 Å². The van der Waals surface area contributed by atoms with Gasteiger partial charge in [0.1, 0.15) is 0 Å². The van der Waals surface area contributed by atoms with E-state index in [-0.39, 0.29) is 15.8 Å². The van der Waals surface area contributed by atoms with Crippen LogP contribution in [0.3, 0.4) is 0 Å². The van der Waals surface area contributed by atoms with Crippen molar-refractivity contribution < 1.29 is 8.42 Å². The van der Waals surface area contributed by atoms with Gasteiger partial charge >= 0.3 is 0 Å². The highest BCUT2D eigenvalue weighted by atomic mass is 35.5. The van der Waals surface area contributed by atoms with Gasteiger partial charge in [0.15, 0.2) is 0 Å². The van der Waals surface area contributed by atoms with Gasteiger partial charge in [-0.25, -0.2) is 13.1 Å². The molecular formula is C10H13Cl2NO2S. The van der Waals surface area contributed by atoms with E-state index in [0.29, 0.717) is 11.6 Å². The summed E-state index contributed by atoms with van der Waals surface area (Å²) in [6.45, 7) is 4.25. The van der Waals surface area contributed by atoms with E-state index in [1.54, 1.807) is 0 Å². The third-order valence-corrected chi connectivity index (χ3v) is 4.04. The Balaban J connectivity index is 2.94. The summed E-state index contributed by atoms with van der Waals surface area (Å²) in [4.78, 5) is 0.127. The molecule has 0 aliphatic rings. The maximum absolute atomic E-state index is 11.8. The summed E-state index contributed by atoms with van der Waals surface area (Å²) >= 11 is 11.5. The molecule has 0 heterocycles. The Hall–Kier alpha value is -0.290. The molecule has 0 spiro atoms. The van der Waals surface area contributed by atoms with Gasteiger partial charge in [-0.1, -0.05) is 37.0 Å². The fraction of sp³-hybridized carbons (Fsp3) is 0.400. The van der Waals surface area contributed by atoms with Crippen LogP contribution in [0.5, 0.6) is 0 Å². The van der Waals surface area contributed by atoms with Crippen molar-refractivity contribution in [2.45, 2.75) is 18.7 Å². The molecule has 6 heteroatoms. The molecule has 0 aliphatic heterocycles. The second-order valence-corrected chi connectivity index (χ2v) is 6.40. The third kappa shape index (κ3) is 3.63. The fourth-order valence-electron chi connectivity index (χ4n) is 1.00. The summed E-state index contributed by atoms with van der Waals surface area (Å²) in [7, 11) is -3.49. The van der Waals surface area contributed by atoms with E-state index in [4.69, 9.17) is 23.2 Å². The molecule has 1 aromatic carbocycles. The van der Waals surface area contributed by atoms with Crippen molar-refractivity contribution in [3.63, 3.8) is 0 Å². The molecule has 0 unspecified atom stereocenters. The lowest BCUT2D eigenvalue weighted by atomic mass is 10.2. The van der Waals surface area contributed by atoms with Crippen LogP contribution >= 0.6 is 23.2 Å². The largest absolute Gasteiger partial charge is 0.240 e. The quantitative estimate of drug-likeness (QED) is 0.923. The average Bonchev–Trinajstić information content (AvgIpc) is 2.19. The zero-order valence-electron chi connectivity index (χ0n) is 9.00. The first-order chi connectivity index (χ1) is 7.33. The van der Waals surface area contributed by atoms with Crippen molar-refractivity contribution in [2.24, 2.45) is 5.92 Å². The minimum Gasteiger partial charge on any atom is -0.211 e. The van der Waals surface area contributed by atoms with Crippen molar-refractivity contribution in [2.75, 3.05) is 6.54 Å². The molecule has 0 aliphatic carbocycles. The van der Waals surface area contributed by atoms with Gasteiger partial charge in [-0.05, 0) is 24.1 Å². The summed E-state index contributed by atoms with van der Waals surface area (Å²) in [6, 6.07) is 4.23. The summed E-state index contributed by atoms with van der Waals surface area (Å²) in [5.41, 5.74) is 0. The molecule has 1 rings (SSSR count). The van der Waals surface area contributed by atoms with Gasteiger partial charge in [0.25, 0.3) is 0 Å². The van der Waals surface area contributed by atoms with E-state index in [1.165, 1.54) is 18.2 Å². The van der Waals surface area contributed by atoms with E-state index in [0.717, 1.165) is 0 Å². The molecule has 0 amide bonds. The minimum absolute atomic E-state index is 0.127.